The Balaban J connectivity index is 2.23. The van der Waals surface area contributed by atoms with Crippen molar-refractivity contribution in [1.82, 2.24) is 4.90 Å². The summed E-state index contributed by atoms with van der Waals surface area (Å²) in [6.07, 6.45) is 1.60. The number of carbonyl (C=O) groups excluding carboxylic acids is 2. The highest BCUT2D eigenvalue weighted by Crippen LogP contribution is 2.40. The predicted octanol–water partition coefficient (Wildman–Crippen LogP) is 3.88. The summed E-state index contributed by atoms with van der Waals surface area (Å²) in [5.41, 5.74) is 0. The Kier molecular flexibility index (Phi) is 6.01. The van der Waals surface area contributed by atoms with Crippen molar-refractivity contribution in [2.75, 3.05) is 6.61 Å². The fourth-order valence-corrected chi connectivity index (χ4v) is 5.75. The highest BCUT2D eigenvalue weighted by atomic mass is 28.4. The van der Waals surface area contributed by atoms with Crippen LogP contribution < -0.4 is 0 Å². The Labute approximate surface area is 143 Å². The lowest BCUT2D eigenvalue weighted by Crippen LogP contribution is -2.64. The van der Waals surface area contributed by atoms with E-state index in [0.717, 1.165) is 23.0 Å². The number of nitrogens with zero attached hydrogens (tertiary/aromatic N) is 1. The molecule has 0 saturated carbocycles. The van der Waals surface area contributed by atoms with Crippen molar-refractivity contribution < 1.29 is 23.2 Å². The first-order valence-electron chi connectivity index (χ1n) is 8.35. The zero-order chi connectivity index (χ0) is 17.7. The van der Waals surface area contributed by atoms with Crippen molar-refractivity contribution in [1.29, 1.82) is 0 Å². The SMILES string of the molecule is C=CCOC(=O)N1C(=O)[C@@H](O[Si](CC)(CC)CC)[C@H]1c1ccco1. The smallest absolute Gasteiger partial charge is 0.417 e. The summed E-state index contributed by atoms with van der Waals surface area (Å²) in [5.74, 6) is 0.166. The molecule has 1 fully saturated rings. The minimum absolute atomic E-state index is 0.0522. The van der Waals surface area contributed by atoms with Crippen LogP contribution in [0.4, 0.5) is 4.79 Å². The van der Waals surface area contributed by atoms with E-state index in [1.54, 1.807) is 12.1 Å². The van der Waals surface area contributed by atoms with E-state index in [2.05, 4.69) is 27.4 Å². The molecule has 2 heterocycles. The third-order valence-electron chi connectivity index (χ3n) is 4.71. The number of β-lactam (4-membered cyclic amide) rings is 1. The number of amides is 2. The van der Waals surface area contributed by atoms with E-state index in [0.29, 0.717) is 5.76 Å². The van der Waals surface area contributed by atoms with E-state index in [-0.39, 0.29) is 12.5 Å². The van der Waals surface area contributed by atoms with Crippen molar-refractivity contribution in [3.05, 3.63) is 36.8 Å². The van der Waals surface area contributed by atoms with Gasteiger partial charge in [0.2, 0.25) is 0 Å². The maximum Gasteiger partial charge on any atom is 0.417 e. The minimum Gasteiger partial charge on any atom is -0.467 e. The fourth-order valence-electron chi connectivity index (χ4n) is 2.99. The van der Waals surface area contributed by atoms with Crippen LogP contribution in [0.15, 0.2) is 35.5 Å². The first-order chi connectivity index (χ1) is 11.5. The Morgan fingerprint density at radius 3 is 2.54 bits per heavy atom. The van der Waals surface area contributed by atoms with Gasteiger partial charge >= 0.3 is 6.09 Å². The van der Waals surface area contributed by atoms with E-state index in [1.165, 1.54) is 12.3 Å². The predicted molar refractivity (Wildman–Crippen MR) is 91.9 cm³/mol. The lowest BCUT2D eigenvalue weighted by Gasteiger charge is -2.46. The zero-order valence-electron chi connectivity index (χ0n) is 14.5. The molecule has 1 aliphatic rings. The third kappa shape index (κ3) is 3.32. The lowest BCUT2D eigenvalue weighted by atomic mass is 9.96. The number of furan rings is 1. The van der Waals surface area contributed by atoms with Crippen molar-refractivity contribution in [3.8, 4) is 0 Å². The van der Waals surface area contributed by atoms with Crippen molar-refractivity contribution in [3.63, 3.8) is 0 Å². The van der Waals surface area contributed by atoms with Crippen molar-refractivity contribution in [2.24, 2.45) is 0 Å². The number of hydrogen-bond donors (Lipinski definition) is 0. The van der Waals surface area contributed by atoms with E-state index >= 15 is 0 Å². The molecule has 0 spiro atoms. The maximum atomic E-state index is 12.6. The summed E-state index contributed by atoms with van der Waals surface area (Å²) < 4.78 is 16.8. The number of carbonyl (C=O) groups is 2. The van der Waals surface area contributed by atoms with E-state index < -0.39 is 26.6 Å². The van der Waals surface area contributed by atoms with Gasteiger partial charge in [-0.1, -0.05) is 33.4 Å². The summed E-state index contributed by atoms with van der Waals surface area (Å²) in [7, 11) is -1.99. The van der Waals surface area contributed by atoms with Crippen LogP contribution in [-0.4, -0.2) is 37.9 Å². The van der Waals surface area contributed by atoms with Gasteiger partial charge in [0, 0.05) is 0 Å². The van der Waals surface area contributed by atoms with Crippen LogP contribution in [0.25, 0.3) is 0 Å². The highest BCUT2D eigenvalue weighted by Gasteiger charge is 2.56. The molecule has 6 nitrogen and oxygen atoms in total. The molecule has 24 heavy (non-hydrogen) atoms. The number of imide groups is 1. The summed E-state index contributed by atoms with van der Waals surface area (Å²) in [6.45, 7) is 9.85. The van der Waals surface area contributed by atoms with Gasteiger partial charge in [-0.3, -0.25) is 4.79 Å². The number of rotatable bonds is 8. The van der Waals surface area contributed by atoms with Crippen LogP contribution in [0.3, 0.4) is 0 Å². The monoisotopic (exact) mass is 351 g/mol. The second-order valence-electron chi connectivity index (χ2n) is 5.82. The molecule has 1 saturated heterocycles. The van der Waals surface area contributed by atoms with Gasteiger partial charge in [0.05, 0.1) is 6.26 Å². The zero-order valence-corrected chi connectivity index (χ0v) is 15.5. The number of hydrogen-bond acceptors (Lipinski definition) is 5. The average Bonchev–Trinajstić information content (AvgIpc) is 3.12. The topological polar surface area (TPSA) is 69.0 Å². The summed E-state index contributed by atoms with van der Waals surface area (Å²) in [5, 5.41) is 0. The van der Waals surface area contributed by atoms with Gasteiger partial charge in [0.15, 0.2) is 14.4 Å². The van der Waals surface area contributed by atoms with Crippen LogP contribution in [0, 0.1) is 0 Å². The molecule has 0 aliphatic carbocycles. The van der Waals surface area contributed by atoms with Crippen LogP contribution in [0.2, 0.25) is 18.1 Å². The van der Waals surface area contributed by atoms with Crippen LogP contribution >= 0.6 is 0 Å². The fraction of sp³-hybridized carbons (Fsp3) is 0.529. The Morgan fingerprint density at radius 1 is 1.38 bits per heavy atom. The molecule has 2 atom stereocenters. The minimum atomic E-state index is -1.99. The molecule has 7 heteroatoms. The molecular weight excluding hydrogens is 326 g/mol. The van der Waals surface area contributed by atoms with Gasteiger partial charge in [-0.05, 0) is 30.3 Å². The molecule has 132 valence electrons. The Morgan fingerprint density at radius 2 is 2.04 bits per heavy atom. The molecule has 1 aliphatic heterocycles. The molecule has 0 aromatic carbocycles. The Bertz CT molecular complexity index is 574. The third-order valence-corrected chi connectivity index (χ3v) is 9.33. The van der Waals surface area contributed by atoms with Gasteiger partial charge in [0.1, 0.15) is 18.4 Å². The van der Waals surface area contributed by atoms with Crippen LogP contribution in [0.1, 0.15) is 32.6 Å². The van der Waals surface area contributed by atoms with Gasteiger partial charge < -0.3 is 13.6 Å². The average molecular weight is 351 g/mol. The van der Waals surface area contributed by atoms with Gasteiger partial charge in [-0.25, -0.2) is 9.69 Å². The van der Waals surface area contributed by atoms with Gasteiger partial charge in [0.25, 0.3) is 5.91 Å². The standard InChI is InChI=1S/C17H25NO5Si/c1-5-11-22-17(20)18-14(13-10-9-12-21-13)15(16(18)19)23-24(6-2,7-3)8-4/h5,9-10,12,14-15H,1,6-8,11H2,2-4H3/t14-,15+/m1/s1. The molecule has 0 N–H and O–H groups in total. The summed E-state index contributed by atoms with van der Waals surface area (Å²) >= 11 is 0. The maximum absolute atomic E-state index is 12.6. The molecular formula is C17H25NO5Si. The van der Waals surface area contributed by atoms with Crippen LogP contribution in [0.5, 0.6) is 0 Å². The molecule has 0 bridgehead atoms. The molecule has 1 aromatic rings. The second-order valence-corrected chi connectivity index (χ2v) is 10.5. The lowest BCUT2D eigenvalue weighted by molar-refractivity contribution is -0.162. The second kappa shape index (κ2) is 7.81. The molecule has 2 rings (SSSR count). The normalized spacial score (nSPS) is 20.6. The van der Waals surface area contributed by atoms with Gasteiger partial charge in [-0.2, -0.15) is 0 Å². The highest BCUT2D eigenvalue weighted by molar-refractivity contribution is 6.73. The summed E-state index contributed by atoms with van der Waals surface area (Å²) in [6, 6.07) is 5.68. The largest absolute Gasteiger partial charge is 0.467 e. The van der Waals surface area contributed by atoms with E-state index in [1.807, 2.05) is 0 Å². The molecule has 2 amide bonds. The molecule has 0 unspecified atom stereocenters. The van der Waals surface area contributed by atoms with E-state index in [4.69, 9.17) is 13.6 Å². The summed E-state index contributed by atoms with van der Waals surface area (Å²) in [4.78, 5) is 25.8. The van der Waals surface area contributed by atoms with Crippen molar-refractivity contribution in [2.45, 2.75) is 51.0 Å². The van der Waals surface area contributed by atoms with Crippen molar-refractivity contribution >= 4 is 20.3 Å². The number of ether oxygens (including phenoxy) is 1. The van der Waals surface area contributed by atoms with Crippen LogP contribution in [-0.2, 0) is 14.0 Å². The molecule has 1 aromatic heterocycles. The van der Waals surface area contributed by atoms with E-state index in [9.17, 15) is 9.59 Å². The number of likely N-dealkylation sites (tertiary alicyclic amines) is 1. The first-order valence-corrected chi connectivity index (χ1v) is 10.9. The quantitative estimate of drug-likeness (QED) is 0.404. The van der Waals surface area contributed by atoms with Gasteiger partial charge in [-0.15, -0.1) is 0 Å². The molecule has 0 radical (unpaired) electrons. The Hall–Kier alpha value is -1.86. The first kappa shape index (κ1) is 18.5.